The lowest BCUT2D eigenvalue weighted by Crippen LogP contribution is -2.15. The van der Waals surface area contributed by atoms with Gasteiger partial charge in [-0.25, -0.2) is 4.98 Å². The van der Waals surface area contributed by atoms with Crippen LogP contribution in [0.1, 0.15) is 24.6 Å². The summed E-state index contributed by atoms with van der Waals surface area (Å²) in [4.78, 5) is 4.35. The molecule has 0 radical (unpaired) electrons. The van der Waals surface area contributed by atoms with Gasteiger partial charge in [-0.15, -0.1) is 0 Å². The first kappa shape index (κ1) is 10.4. The highest BCUT2D eigenvalue weighted by Crippen LogP contribution is 2.30. The molecule has 17 heavy (non-hydrogen) atoms. The van der Waals surface area contributed by atoms with Crippen LogP contribution in [0.4, 0.5) is 0 Å². The molecule has 0 saturated carbocycles. The normalized spacial score (nSPS) is 19.0. The molecule has 2 heterocycles. The fourth-order valence-electron chi connectivity index (χ4n) is 2.36. The van der Waals surface area contributed by atoms with Gasteiger partial charge in [-0.2, -0.15) is 0 Å². The first-order chi connectivity index (χ1) is 8.25. The molecule has 2 aromatic rings. The zero-order chi connectivity index (χ0) is 11.8. The molecule has 3 rings (SSSR count). The van der Waals surface area contributed by atoms with Crippen molar-refractivity contribution in [2.75, 3.05) is 0 Å². The van der Waals surface area contributed by atoms with Crippen LogP contribution in [0.25, 0.3) is 11.4 Å². The highest BCUT2D eigenvalue weighted by atomic mass is 16.3. The van der Waals surface area contributed by atoms with Crippen LogP contribution in [0.5, 0.6) is 5.75 Å². The summed E-state index contributed by atoms with van der Waals surface area (Å²) in [7, 11) is 0. The van der Waals surface area contributed by atoms with Crippen LogP contribution in [-0.4, -0.2) is 19.8 Å². The number of aliphatic hydroxyl groups excluding tert-OH is 1. The molecule has 4 heteroatoms. The summed E-state index contributed by atoms with van der Waals surface area (Å²) in [6.07, 6.45) is 3.06. The van der Waals surface area contributed by atoms with E-state index in [-0.39, 0.29) is 5.75 Å². The van der Waals surface area contributed by atoms with Crippen LogP contribution >= 0.6 is 0 Å². The Kier molecular flexibility index (Phi) is 2.37. The molecule has 1 unspecified atom stereocenters. The van der Waals surface area contributed by atoms with Gasteiger partial charge in [0.1, 0.15) is 11.6 Å². The van der Waals surface area contributed by atoms with Gasteiger partial charge >= 0.3 is 0 Å². The van der Waals surface area contributed by atoms with Gasteiger partial charge < -0.3 is 14.8 Å². The molecule has 0 bridgehead atoms. The van der Waals surface area contributed by atoms with Crippen molar-refractivity contribution in [3.05, 3.63) is 36.2 Å². The number of phenols is 1. The van der Waals surface area contributed by atoms with E-state index in [1.54, 1.807) is 24.4 Å². The number of rotatable bonds is 1. The number of hydrogen-bond acceptors (Lipinski definition) is 3. The molecule has 88 valence electrons. The summed E-state index contributed by atoms with van der Waals surface area (Å²) in [5.41, 5.74) is 1.75. The Hall–Kier alpha value is -1.81. The summed E-state index contributed by atoms with van der Waals surface area (Å²) < 4.78 is 2.03. The van der Waals surface area contributed by atoms with Gasteiger partial charge in [0.15, 0.2) is 0 Å². The Morgan fingerprint density at radius 3 is 3.06 bits per heavy atom. The highest BCUT2D eigenvalue weighted by molar-refractivity contribution is 5.58. The minimum absolute atomic E-state index is 0.233. The molecule has 1 aromatic heterocycles. The molecule has 0 saturated heterocycles. The van der Waals surface area contributed by atoms with Gasteiger partial charge in [0.2, 0.25) is 0 Å². The molecular formula is C13H14N2O2. The van der Waals surface area contributed by atoms with Crippen molar-refractivity contribution in [3.63, 3.8) is 0 Å². The third-order valence-corrected chi connectivity index (χ3v) is 3.19. The smallest absolute Gasteiger partial charge is 0.140 e. The Morgan fingerprint density at radius 2 is 2.24 bits per heavy atom. The molecule has 2 N–H and O–H groups in total. The average molecular weight is 230 g/mol. The van der Waals surface area contributed by atoms with E-state index in [4.69, 9.17) is 0 Å². The number of aromatic nitrogens is 2. The van der Waals surface area contributed by atoms with Crippen LogP contribution in [0.2, 0.25) is 0 Å². The second kappa shape index (κ2) is 3.89. The van der Waals surface area contributed by atoms with Crippen LogP contribution in [0, 0.1) is 0 Å². The molecule has 0 fully saturated rings. The molecule has 0 amide bonds. The fraction of sp³-hybridized carbons (Fsp3) is 0.308. The standard InChI is InChI=1S/C13H14N2O2/c16-10-4-1-3-9(7-10)13-14-8-11-12(17)5-2-6-15(11)13/h1,3-4,7-8,12,16-17H,2,5-6H2. The lowest BCUT2D eigenvalue weighted by atomic mass is 10.1. The Labute approximate surface area is 99.2 Å². The van der Waals surface area contributed by atoms with Gasteiger partial charge in [-0.05, 0) is 25.0 Å². The van der Waals surface area contributed by atoms with Crippen LogP contribution in [-0.2, 0) is 6.54 Å². The number of hydrogen-bond donors (Lipinski definition) is 2. The van der Waals surface area contributed by atoms with Gasteiger partial charge in [-0.1, -0.05) is 12.1 Å². The van der Waals surface area contributed by atoms with Crippen LogP contribution < -0.4 is 0 Å². The van der Waals surface area contributed by atoms with Gasteiger partial charge in [-0.3, -0.25) is 0 Å². The number of benzene rings is 1. The second-order valence-electron chi connectivity index (χ2n) is 4.37. The zero-order valence-electron chi connectivity index (χ0n) is 9.37. The third-order valence-electron chi connectivity index (χ3n) is 3.19. The molecule has 1 aromatic carbocycles. The van der Waals surface area contributed by atoms with E-state index in [1.165, 1.54) is 0 Å². The van der Waals surface area contributed by atoms with Gasteiger partial charge in [0.25, 0.3) is 0 Å². The van der Waals surface area contributed by atoms with E-state index in [2.05, 4.69) is 4.98 Å². The monoisotopic (exact) mass is 230 g/mol. The van der Waals surface area contributed by atoms with Crippen molar-refractivity contribution < 1.29 is 10.2 Å². The molecule has 1 aliphatic heterocycles. The number of phenolic OH excluding ortho intramolecular Hbond substituents is 1. The van der Waals surface area contributed by atoms with Crippen LogP contribution in [0.15, 0.2) is 30.5 Å². The van der Waals surface area contributed by atoms with Crippen molar-refractivity contribution in [2.45, 2.75) is 25.5 Å². The average Bonchev–Trinajstić information content (AvgIpc) is 2.74. The van der Waals surface area contributed by atoms with Crippen molar-refractivity contribution in [1.82, 2.24) is 9.55 Å². The first-order valence-electron chi connectivity index (χ1n) is 5.78. The van der Waals surface area contributed by atoms with E-state index in [0.29, 0.717) is 0 Å². The number of fused-ring (bicyclic) bond motifs is 1. The minimum Gasteiger partial charge on any atom is -0.508 e. The molecule has 1 aliphatic rings. The lowest BCUT2D eigenvalue weighted by molar-refractivity contribution is 0.139. The molecule has 0 spiro atoms. The highest BCUT2D eigenvalue weighted by Gasteiger charge is 2.21. The number of aromatic hydroxyl groups is 1. The van der Waals surface area contributed by atoms with Gasteiger partial charge in [0.05, 0.1) is 18.0 Å². The maximum atomic E-state index is 9.87. The Balaban J connectivity index is 2.10. The summed E-state index contributed by atoms with van der Waals surface area (Å²) in [6.45, 7) is 0.872. The summed E-state index contributed by atoms with van der Waals surface area (Å²) in [5, 5.41) is 19.3. The number of nitrogens with zero attached hydrogens (tertiary/aromatic N) is 2. The van der Waals surface area contributed by atoms with E-state index >= 15 is 0 Å². The maximum Gasteiger partial charge on any atom is 0.140 e. The predicted octanol–water partition coefficient (Wildman–Crippen LogP) is 2.08. The quantitative estimate of drug-likeness (QED) is 0.788. The Morgan fingerprint density at radius 1 is 1.35 bits per heavy atom. The maximum absolute atomic E-state index is 9.87. The van der Waals surface area contributed by atoms with E-state index in [0.717, 1.165) is 36.5 Å². The summed E-state index contributed by atoms with van der Waals surface area (Å²) >= 11 is 0. The number of aliphatic hydroxyl groups is 1. The van der Waals surface area contributed by atoms with E-state index in [9.17, 15) is 10.2 Å². The molecule has 4 nitrogen and oxygen atoms in total. The van der Waals surface area contributed by atoms with E-state index in [1.807, 2.05) is 10.6 Å². The first-order valence-corrected chi connectivity index (χ1v) is 5.78. The van der Waals surface area contributed by atoms with E-state index < -0.39 is 6.10 Å². The van der Waals surface area contributed by atoms with Gasteiger partial charge in [0, 0.05) is 12.1 Å². The van der Waals surface area contributed by atoms with Crippen LogP contribution in [0.3, 0.4) is 0 Å². The van der Waals surface area contributed by atoms with Crippen molar-refractivity contribution in [1.29, 1.82) is 0 Å². The lowest BCUT2D eigenvalue weighted by Gasteiger charge is -2.21. The second-order valence-corrected chi connectivity index (χ2v) is 4.37. The van der Waals surface area contributed by atoms with Crippen molar-refractivity contribution >= 4 is 0 Å². The van der Waals surface area contributed by atoms with Crippen molar-refractivity contribution in [3.8, 4) is 17.1 Å². The number of imidazole rings is 1. The fourth-order valence-corrected chi connectivity index (χ4v) is 2.36. The molecule has 0 aliphatic carbocycles. The Bertz CT molecular complexity index is 548. The topological polar surface area (TPSA) is 58.3 Å². The molecular weight excluding hydrogens is 216 g/mol. The predicted molar refractivity (Wildman–Crippen MR) is 63.5 cm³/mol. The SMILES string of the molecule is Oc1cccc(-c2ncc3n2CCCC3O)c1. The summed E-state index contributed by atoms with van der Waals surface area (Å²) in [6, 6.07) is 7.04. The minimum atomic E-state index is -0.415. The largest absolute Gasteiger partial charge is 0.508 e. The zero-order valence-corrected chi connectivity index (χ0v) is 9.37. The van der Waals surface area contributed by atoms with Crippen molar-refractivity contribution in [2.24, 2.45) is 0 Å². The molecule has 1 atom stereocenters. The third kappa shape index (κ3) is 1.70. The summed E-state index contributed by atoms with van der Waals surface area (Å²) in [5.74, 6) is 1.05.